The number of thioether (sulfide) groups is 1. The highest BCUT2D eigenvalue weighted by Crippen LogP contribution is 2.44. The van der Waals surface area contributed by atoms with Gasteiger partial charge in [-0.15, -0.1) is 0 Å². The van der Waals surface area contributed by atoms with E-state index in [4.69, 9.17) is 4.74 Å². The van der Waals surface area contributed by atoms with Crippen LogP contribution < -0.4 is 0 Å². The van der Waals surface area contributed by atoms with Gasteiger partial charge >= 0.3 is 11.9 Å². The van der Waals surface area contributed by atoms with Crippen molar-refractivity contribution >= 4 is 23.7 Å². The van der Waals surface area contributed by atoms with E-state index in [0.717, 1.165) is 22.3 Å². The Labute approximate surface area is 157 Å². The predicted molar refractivity (Wildman–Crippen MR) is 103 cm³/mol. The van der Waals surface area contributed by atoms with E-state index >= 15 is 0 Å². The summed E-state index contributed by atoms with van der Waals surface area (Å²) in [6.45, 7) is 3.64. The summed E-state index contributed by atoms with van der Waals surface area (Å²) in [7, 11) is 0. The lowest BCUT2D eigenvalue weighted by Crippen LogP contribution is -2.41. The number of fused-ring (bicyclic) bond motifs is 3. The molecule has 0 fully saturated rings. The summed E-state index contributed by atoms with van der Waals surface area (Å²) in [5, 5.41) is 9.50. The minimum absolute atomic E-state index is 0.0711. The molecule has 1 aliphatic rings. The number of esters is 1. The van der Waals surface area contributed by atoms with Crippen LogP contribution in [0.3, 0.4) is 0 Å². The van der Waals surface area contributed by atoms with E-state index in [-0.39, 0.29) is 12.5 Å². The Hall–Kier alpha value is -2.27. The number of benzene rings is 2. The fourth-order valence-corrected chi connectivity index (χ4v) is 3.92. The molecule has 2 aromatic rings. The summed E-state index contributed by atoms with van der Waals surface area (Å²) in [6.07, 6.45) is 1.80. The Morgan fingerprint density at radius 3 is 2.04 bits per heavy atom. The molecule has 26 heavy (non-hydrogen) atoms. The molecule has 1 unspecified atom stereocenters. The Morgan fingerprint density at radius 2 is 1.58 bits per heavy atom. The zero-order valence-electron chi connectivity index (χ0n) is 15.1. The van der Waals surface area contributed by atoms with Gasteiger partial charge in [-0.05, 0) is 42.4 Å². The zero-order valence-corrected chi connectivity index (χ0v) is 15.9. The number of rotatable bonds is 6. The van der Waals surface area contributed by atoms with Gasteiger partial charge < -0.3 is 9.84 Å². The van der Waals surface area contributed by atoms with Gasteiger partial charge in [-0.25, -0.2) is 0 Å². The van der Waals surface area contributed by atoms with Gasteiger partial charge in [0.1, 0.15) is 6.61 Å². The van der Waals surface area contributed by atoms with E-state index in [1.165, 1.54) is 11.8 Å². The molecule has 136 valence electrons. The van der Waals surface area contributed by atoms with Gasteiger partial charge in [-0.2, -0.15) is 11.8 Å². The summed E-state index contributed by atoms with van der Waals surface area (Å²) in [5.41, 5.74) is 4.50. The summed E-state index contributed by atoms with van der Waals surface area (Å²) in [4.78, 5) is 24.2. The Balaban J connectivity index is 1.84. The van der Waals surface area contributed by atoms with Crippen molar-refractivity contribution in [2.24, 2.45) is 5.92 Å². The van der Waals surface area contributed by atoms with Crippen molar-refractivity contribution in [1.82, 2.24) is 0 Å². The quantitative estimate of drug-likeness (QED) is 0.610. The zero-order chi connectivity index (χ0) is 18.9. The average molecular weight is 370 g/mol. The molecule has 1 N–H and O–H groups in total. The lowest BCUT2D eigenvalue weighted by molar-refractivity contribution is -0.160. The molecule has 0 radical (unpaired) electrons. The molecule has 0 saturated heterocycles. The van der Waals surface area contributed by atoms with Gasteiger partial charge in [0.05, 0.1) is 0 Å². The molecule has 1 atom stereocenters. The highest BCUT2D eigenvalue weighted by Gasteiger charge is 2.42. The standard InChI is InChI=1S/C21H22O4S/c1-21(2,26-3)18(19(22)23)20(24)25-12-17-15-10-6-4-8-13(15)14-9-5-7-11-16(14)17/h4-11,17-18H,12H2,1-3H3,(H,22,23). The molecule has 3 rings (SSSR count). The first kappa shape index (κ1) is 18.5. The first-order valence-corrected chi connectivity index (χ1v) is 9.72. The number of carbonyl (C=O) groups excluding carboxylic acids is 1. The van der Waals surface area contributed by atoms with Crippen LogP contribution in [0, 0.1) is 5.92 Å². The SMILES string of the molecule is CSC(C)(C)C(C(=O)O)C(=O)OCC1c2ccccc2-c2ccccc21. The molecule has 4 nitrogen and oxygen atoms in total. The van der Waals surface area contributed by atoms with Crippen LogP contribution in [0.2, 0.25) is 0 Å². The molecule has 0 bridgehead atoms. The molecular weight excluding hydrogens is 348 g/mol. The Kier molecular flexibility index (Phi) is 5.10. The third kappa shape index (κ3) is 3.23. The van der Waals surface area contributed by atoms with E-state index < -0.39 is 22.6 Å². The van der Waals surface area contributed by atoms with Crippen molar-refractivity contribution in [1.29, 1.82) is 0 Å². The van der Waals surface area contributed by atoms with E-state index in [9.17, 15) is 14.7 Å². The second-order valence-electron chi connectivity index (χ2n) is 6.94. The second kappa shape index (κ2) is 7.16. The molecule has 0 heterocycles. The van der Waals surface area contributed by atoms with Gasteiger partial charge in [0, 0.05) is 10.7 Å². The fraction of sp³-hybridized carbons (Fsp3) is 0.333. The summed E-state index contributed by atoms with van der Waals surface area (Å²) in [6, 6.07) is 16.1. The van der Waals surface area contributed by atoms with E-state index in [2.05, 4.69) is 12.1 Å². The minimum Gasteiger partial charge on any atom is -0.481 e. The van der Waals surface area contributed by atoms with Crippen LogP contribution in [0.4, 0.5) is 0 Å². The molecule has 1 aliphatic carbocycles. The van der Waals surface area contributed by atoms with Gasteiger partial charge in [-0.3, -0.25) is 9.59 Å². The third-order valence-corrected chi connectivity index (χ3v) is 6.35. The molecule has 0 amide bonds. The number of carbonyl (C=O) groups is 2. The van der Waals surface area contributed by atoms with Crippen molar-refractivity contribution in [3.63, 3.8) is 0 Å². The lowest BCUT2D eigenvalue weighted by atomic mass is 9.94. The van der Waals surface area contributed by atoms with Crippen LogP contribution >= 0.6 is 11.8 Å². The van der Waals surface area contributed by atoms with Crippen molar-refractivity contribution in [3.05, 3.63) is 59.7 Å². The predicted octanol–water partition coefficient (Wildman–Crippen LogP) is 4.18. The van der Waals surface area contributed by atoms with Crippen LogP contribution in [0.1, 0.15) is 30.9 Å². The highest BCUT2D eigenvalue weighted by molar-refractivity contribution is 8.00. The van der Waals surface area contributed by atoms with Crippen molar-refractivity contribution in [3.8, 4) is 11.1 Å². The number of carboxylic acid groups (broad SMARTS) is 1. The van der Waals surface area contributed by atoms with Crippen molar-refractivity contribution < 1.29 is 19.4 Å². The average Bonchev–Trinajstić information content (AvgIpc) is 2.93. The molecule has 0 saturated carbocycles. The first-order valence-electron chi connectivity index (χ1n) is 8.49. The smallest absolute Gasteiger partial charge is 0.321 e. The molecule has 0 spiro atoms. The van der Waals surface area contributed by atoms with Crippen molar-refractivity contribution in [2.75, 3.05) is 12.9 Å². The molecule has 2 aromatic carbocycles. The maximum atomic E-state index is 12.6. The summed E-state index contributed by atoms with van der Waals surface area (Å²) >= 11 is 1.35. The largest absolute Gasteiger partial charge is 0.481 e. The molecule has 5 heteroatoms. The third-order valence-electron chi connectivity index (χ3n) is 5.06. The minimum atomic E-state index is -1.20. The van der Waals surface area contributed by atoms with Crippen LogP contribution in [-0.4, -0.2) is 34.7 Å². The monoisotopic (exact) mass is 370 g/mol. The summed E-state index contributed by atoms with van der Waals surface area (Å²) < 4.78 is 4.78. The van der Waals surface area contributed by atoms with Gasteiger partial charge in [0.15, 0.2) is 5.92 Å². The number of hydrogen-bond donors (Lipinski definition) is 1. The van der Waals surface area contributed by atoms with E-state index in [1.54, 1.807) is 20.1 Å². The topological polar surface area (TPSA) is 63.6 Å². The summed E-state index contributed by atoms with van der Waals surface area (Å²) in [5.74, 6) is -3.11. The first-order chi connectivity index (χ1) is 12.4. The van der Waals surface area contributed by atoms with Crippen LogP contribution in [0.15, 0.2) is 48.5 Å². The lowest BCUT2D eigenvalue weighted by Gasteiger charge is -2.28. The van der Waals surface area contributed by atoms with Crippen LogP contribution in [-0.2, 0) is 14.3 Å². The van der Waals surface area contributed by atoms with Gasteiger partial charge in [0.25, 0.3) is 0 Å². The molecule has 0 aromatic heterocycles. The second-order valence-corrected chi connectivity index (χ2v) is 8.40. The van der Waals surface area contributed by atoms with Crippen molar-refractivity contribution in [2.45, 2.75) is 24.5 Å². The number of ether oxygens (including phenoxy) is 1. The Bertz CT molecular complexity index is 798. The normalized spacial score (nSPS) is 14.4. The maximum Gasteiger partial charge on any atom is 0.321 e. The molecular formula is C21H22O4S. The van der Waals surface area contributed by atoms with E-state index in [0.29, 0.717) is 0 Å². The fourth-order valence-electron chi connectivity index (χ4n) is 3.49. The Morgan fingerprint density at radius 1 is 1.08 bits per heavy atom. The van der Waals surface area contributed by atoms with E-state index in [1.807, 2.05) is 36.4 Å². The highest BCUT2D eigenvalue weighted by atomic mass is 32.2. The number of hydrogen-bond acceptors (Lipinski definition) is 4. The van der Waals surface area contributed by atoms with Gasteiger partial charge in [0.2, 0.25) is 0 Å². The van der Waals surface area contributed by atoms with Crippen LogP contribution in [0.5, 0.6) is 0 Å². The number of carboxylic acids is 1. The van der Waals surface area contributed by atoms with Crippen LogP contribution in [0.25, 0.3) is 11.1 Å². The molecule has 0 aliphatic heterocycles. The maximum absolute atomic E-state index is 12.6. The number of aliphatic carboxylic acids is 1. The van der Waals surface area contributed by atoms with Gasteiger partial charge in [-0.1, -0.05) is 48.5 Å².